The van der Waals surface area contributed by atoms with Crippen molar-refractivity contribution in [1.82, 2.24) is 10.2 Å². The molecule has 0 saturated carbocycles. The molecule has 5 heteroatoms. The van der Waals surface area contributed by atoms with Crippen molar-refractivity contribution in [2.75, 3.05) is 32.4 Å². The standard InChI is InChI=1S/C14H20N2OS.ClH/c1-15-9-12-7-8-16(10-12)14(17)11-18-13-5-3-2-4-6-13;/h2-6,12,15H,7-11H2,1H3;1H. The van der Waals surface area contributed by atoms with Crippen molar-refractivity contribution in [3.63, 3.8) is 0 Å². The summed E-state index contributed by atoms with van der Waals surface area (Å²) in [5, 5.41) is 3.18. The second kappa shape index (κ2) is 8.46. The predicted molar refractivity (Wildman–Crippen MR) is 83.0 cm³/mol. The third-order valence-corrected chi connectivity index (χ3v) is 4.23. The number of amides is 1. The maximum Gasteiger partial charge on any atom is 0.232 e. The Morgan fingerprint density at radius 3 is 2.84 bits per heavy atom. The number of carbonyl (C=O) groups excluding carboxylic acids is 1. The van der Waals surface area contributed by atoms with Crippen molar-refractivity contribution in [3.8, 4) is 0 Å². The lowest BCUT2D eigenvalue weighted by Crippen LogP contribution is -2.31. The van der Waals surface area contributed by atoms with Gasteiger partial charge in [-0.05, 0) is 38.1 Å². The van der Waals surface area contributed by atoms with Crippen LogP contribution in [0.1, 0.15) is 6.42 Å². The zero-order valence-corrected chi connectivity index (χ0v) is 12.8. The molecule has 3 nitrogen and oxygen atoms in total. The first-order valence-electron chi connectivity index (χ1n) is 6.40. The van der Waals surface area contributed by atoms with Crippen molar-refractivity contribution in [2.24, 2.45) is 5.92 Å². The molecule has 1 amide bonds. The number of thioether (sulfide) groups is 1. The number of hydrogen-bond acceptors (Lipinski definition) is 3. The van der Waals surface area contributed by atoms with Crippen LogP contribution in [0.2, 0.25) is 0 Å². The summed E-state index contributed by atoms with van der Waals surface area (Å²) in [5.74, 6) is 1.44. The van der Waals surface area contributed by atoms with E-state index in [0.717, 1.165) is 31.0 Å². The van der Waals surface area contributed by atoms with Crippen LogP contribution < -0.4 is 5.32 Å². The van der Waals surface area contributed by atoms with Gasteiger partial charge in [0.1, 0.15) is 0 Å². The van der Waals surface area contributed by atoms with Crippen molar-refractivity contribution in [1.29, 1.82) is 0 Å². The molecule has 0 spiro atoms. The Hall–Kier alpha value is -0.710. The molecular weight excluding hydrogens is 280 g/mol. The number of nitrogens with one attached hydrogen (secondary N) is 1. The van der Waals surface area contributed by atoms with E-state index in [-0.39, 0.29) is 18.3 Å². The van der Waals surface area contributed by atoms with Gasteiger partial charge in [0.2, 0.25) is 5.91 Å². The van der Waals surface area contributed by atoms with E-state index in [1.54, 1.807) is 11.8 Å². The van der Waals surface area contributed by atoms with Crippen molar-refractivity contribution < 1.29 is 4.79 Å². The number of benzene rings is 1. The highest BCUT2D eigenvalue weighted by atomic mass is 35.5. The quantitative estimate of drug-likeness (QED) is 0.847. The maximum absolute atomic E-state index is 12.1. The minimum Gasteiger partial charge on any atom is -0.342 e. The van der Waals surface area contributed by atoms with Crippen LogP contribution >= 0.6 is 24.2 Å². The first-order valence-corrected chi connectivity index (χ1v) is 7.38. The number of likely N-dealkylation sites (tertiary alicyclic amines) is 1. The molecule has 1 fully saturated rings. The summed E-state index contributed by atoms with van der Waals surface area (Å²) < 4.78 is 0. The van der Waals surface area contributed by atoms with Gasteiger partial charge in [0.25, 0.3) is 0 Å². The summed E-state index contributed by atoms with van der Waals surface area (Å²) >= 11 is 1.62. The van der Waals surface area contributed by atoms with Gasteiger partial charge in [0.05, 0.1) is 5.75 Å². The van der Waals surface area contributed by atoms with E-state index in [1.807, 2.05) is 42.3 Å². The predicted octanol–water partition coefficient (Wildman–Crippen LogP) is 2.27. The normalized spacial score (nSPS) is 18.2. The molecule has 1 atom stereocenters. The minimum absolute atomic E-state index is 0. The number of hydrogen-bond donors (Lipinski definition) is 1. The Balaban J connectivity index is 0.00000180. The van der Waals surface area contributed by atoms with Gasteiger partial charge in [-0.1, -0.05) is 18.2 Å². The number of nitrogens with zero attached hydrogens (tertiary/aromatic N) is 1. The molecule has 0 radical (unpaired) electrons. The van der Waals surface area contributed by atoms with Crippen LogP contribution in [0.4, 0.5) is 0 Å². The van der Waals surface area contributed by atoms with Crippen LogP contribution in [0, 0.1) is 5.92 Å². The van der Waals surface area contributed by atoms with E-state index in [0.29, 0.717) is 11.7 Å². The Kier molecular flexibility index (Phi) is 7.28. The van der Waals surface area contributed by atoms with E-state index in [1.165, 1.54) is 0 Å². The molecule has 1 saturated heterocycles. The molecule has 0 aromatic heterocycles. The largest absolute Gasteiger partial charge is 0.342 e. The average Bonchev–Trinajstić information content (AvgIpc) is 2.86. The Morgan fingerprint density at radius 1 is 1.42 bits per heavy atom. The van der Waals surface area contributed by atoms with E-state index in [4.69, 9.17) is 0 Å². The molecule has 2 rings (SSSR count). The fraction of sp³-hybridized carbons (Fsp3) is 0.500. The van der Waals surface area contributed by atoms with Gasteiger partial charge < -0.3 is 10.2 Å². The molecule has 1 unspecified atom stereocenters. The SMILES string of the molecule is CNCC1CCN(C(=O)CSc2ccccc2)C1.Cl. The molecule has 1 aliphatic heterocycles. The minimum atomic E-state index is 0. The lowest BCUT2D eigenvalue weighted by molar-refractivity contribution is -0.127. The Labute approximate surface area is 125 Å². The Bertz CT molecular complexity index is 388. The van der Waals surface area contributed by atoms with Gasteiger partial charge in [-0.25, -0.2) is 0 Å². The molecule has 1 N–H and O–H groups in total. The zero-order chi connectivity index (χ0) is 12.8. The number of rotatable bonds is 5. The highest BCUT2D eigenvalue weighted by Gasteiger charge is 2.25. The monoisotopic (exact) mass is 300 g/mol. The van der Waals surface area contributed by atoms with Crippen LogP contribution in [0.15, 0.2) is 35.2 Å². The van der Waals surface area contributed by atoms with E-state index < -0.39 is 0 Å². The fourth-order valence-electron chi connectivity index (χ4n) is 2.27. The second-order valence-corrected chi connectivity index (χ2v) is 5.70. The second-order valence-electron chi connectivity index (χ2n) is 4.65. The summed E-state index contributed by atoms with van der Waals surface area (Å²) in [6.45, 7) is 2.84. The lowest BCUT2D eigenvalue weighted by atomic mass is 10.1. The number of halogens is 1. The van der Waals surface area contributed by atoms with Crippen LogP contribution in [-0.2, 0) is 4.79 Å². The summed E-state index contributed by atoms with van der Waals surface area (Å²) in [6.07, 6.45) is 1.13. The van der Waals surface area contributed by atoms with E-state index in [2.05, 4.69) is 5.32 Å². The third-order valence-electron chi connectivity index (χ3n) is 3.24. The molecule has 0 aliphatic carbocycles. The van der Waals surface area contributed by atoms with Crippen LogP contribution in [-0.4, -0.2) is 43.2 Å². The van der Waals surface area contributed by atoms with Gasteiger partial charge in [-0.2, -0.15) is 0 Å². The van der Waals surface area contributed by atoms with E-state index >= 15 is 0 Å². The van der Waals surface area contributed by atoms with Gasteiger partial charge in [0.15, 0.2) is 0 Å². The smallest absolute Gasteiger partial charge is 0.232 e. The molecule has 1 aromatic carbocycles. The first kappa shape index (κ1) is 16.3. The van der Waals surface area contributed by atoms with Crippen LogP contribution in [0.3, 0.4) is 0 Å². The van der Waals surface area contributed by atoms with Crippen molar-refractivity contribution >= 4 is 30.1 Å². The molecule has 106 valence electrons. The molecule has 19 heavy (non-hydrogen) atoms. The van der Waals surface area contributed by atoms with Gasteiger partial charge in [-0.15, -0.1) is 24.2 Å². The highest BCUT2D eigenvalue weighted by Crippen LogP contribution is 2.20. The molecular formula is C14H21ClN2OS. The summed E-state index contributed by atoms with van der Waals surface area (Å²) in [5.41, 5.74) is 0. The van der Waals surface area contributed by atoms with E-state index in [9.17, 15) is 4.79 Å². The summed E-state index contributed by atoms with van der Waals surface area (Å²) in [4.78, 5) is 15.2. The molecule has 1 aromatic rings. The fourth-order valence-corrected chi connectivity index (χ4v) is 3.09. The van der Waals surface area contributed by atoms with Gasteiger partial charge in [0, 0.05) is 18.0 Å². The van der Waals surface area contributed by atoms with Crippen molar-refractivity contribution in [3.05, 3.63) is 30.3 Å². The van der Waals surface area contributed by atoms with Crippen molar-refractivity contribution in [2.45, 2.75) is 11.3 Å². The van der Waals surface area contributed by atoms with Crippen LogP contribution in [0.5, 0.6) is 0 Å². The zero-order valence-electron chi connectivity index (χ0n) is 11.2. The first-order chi connectivity index (χ1) is 8.79. The third kappa shape index (κ3) is 5.05. The Morgan fingerprint density at radius 2 is 2.16 bits per heavy atom. The summed E-state index contributed by atoms with van der Waals surface area (Å²) in [6, 6.07) is 10.1. The maximum atomic E-state index is 12.1. The van der Waals surface area contributed by atoms with Gasteiger partial charge >= 0.3 is 0 Å². The highest BCUT2D eigenvalue weighted by molar-refractivity contribution is 8.00. The van der Waals surface area contributed by atoms with Gasteiger partial charge in [-0.3, -0.25) is 4.79 Å². The van der Waals surface area contributed by atoms with Crippen LogP contribution in [0.25, 0.3) is 0 Å². The lowest BCUT2D eigenvalue weighted by Gasteiger charge is -2.16. The topological polar surface area (TPSA) is 32.3 Å². The summed E-state index contributed by atoms with van der Waals surface area (Å²) in [7, 11) is 1.97. The molecule has 1 aliphatic rings. The molecule has 0 bridgehead atoms. The molecule has 1 heterocycles. The number of carbonyl (C=O) groups is 1. The average molecular weight is 301 g/mol.